The van der Waals surface area contributed by atoms with Crippen molar-refractivity contribution in [1.29, 1.82) is 0 Å². The standard InChI is InChI=1S/C9H9NO5/c1-2-3-15-9(13)10-7-5-14-4-6(7)8(11)12/h2,4-5H,1,3H2,(H,10,13)(H,11,12). The van der Waals surface area contributed by atoms with Gasteiger partial charge in [-0.05, 0) is 0 Å². The number of hydrogen-bond donors (Lipinski definition) is 2. The third-order valence-corrected chi connectivity index (χ3v) is 1.46. The Balaban J connectivity index is 2.64. The van der Waals surface area contributed by atoms with Crippen LogP contribution in [-0.2, 0) is 4.74 Å². The van der Waals surface area contributed by atoms with Crippen molar-refractivity contribution in [2.24, 2.45) is 0 Å². The van der Waals surface area contributed by atoms with Crippen molar-refractivity contribution in [3.63, 3.8) is 0 Å². The molecule has 0 aromatic carbocycles. The van der Waals surface area contributed by atoms with Crippen molar-refractivity contribution < 1.29 is 23.8 Å². The van der Waals surface area contributed by atoms with Gasteiger partial charge in [0.15, 0.2) is 0 Å². The highest BCUT2D eigenvalue weighted by atomic mass is 16.5. The molecule has 0 aliphatic carbocycles. The number of anilines is 1. The van der Waals surface area contributed by atoms with Crippen molar-refractivity contribution >= 4 is 17.7 Å². The molecule has 0 unspecified atom stereocenters. The van der Waals surface area contributed by atoms with E-state index >= 15 is 0 Å². The first-order valence-corrected chi connectivity index (χ1v) is 3.99. The fourth-order valence-electron chi connectivity index (χ4n) is 0.840. The minimum Gasteiger partial charge on any atom is -0.477 e. The number of carbonyl (C=O) groups excluding carboxylic acids is 1. The van der Waals surface area contributed by atoms with E-state index in [0.29, 0.717) is 0 Å². The summed E-state index contributed by atoms with van der Waals surface area (Å²) in [5.74, 6) is -1.19. The van der Waals surface area contributed by atoms with Gasteiger partial charge in [-0.1, -0.05) is 12.7 Å². The van der Waals surface area contributed by atoms with Gasteiger partial charge < -0.3 is 14.3 Å². The number of furan rings is 1. The van der Waals surface area contributed by atoms with Crippen molar-refractivity contribution in [2.75, 3.05) is 11.9 Å². The third kappa shape index (κ3) is 2.87. The second-order valence-corrected chi connectivity index (χ2v) is 2.52. The molecule has 1 rings (SSSR count). The van der Waals surface area contributed by atoms with Crippen LogP contribution in [0.3, 0.4) is 0 Å². The molecule has 1 amide bonds. The highest BCUT2D eigenvalue weighted by Crippen LogP contribution is 2.16. The monoisotopic (exact) mass is 211 g/mol. The first kappa shape index (κ1) is 10.8. The minimum absolute atomic E-state index is 0.0477. The molecule has 0 aliphatic heterocycles. The molecule has 1 aromatic rings. The second-order valence-electron chi connectivity index (χ2n) is 2.52. The zero-order valence-corrected chi connectivity index (χ0v) is 7.73. The van der Waals surface area contributed by atoms with Crippen LogP contribution < -0.4 is 5.32 Å². The molecule has 0 bridgehead atoms. The van der Waals surface area contributed by atoms with Crippen molar-refractivity contribution in [2.45, 2.75) is 0 Å². The molecule has 0 radical (unpaired) electrons. The Morgan fingerprint density at radius 3 is 2.93 bits per heavy atom. The molecule has 1 heterocycles. The van der Waals surface area contributed by atoms with Gasteiger partial charge in [0.2, 0.25) is 0 Å². The molecule has 0 aliphatic rings. The molecule has 80 valence electrons. The van der Waals surface area contributed by atoms with Gasteiger partial charge in [-0.25, -0.2) is 9.59 Å². The molecule has 0 atom stereocenters. The Bertz CT molecular complexity index is 382. The van der Waals surface area contributed by atoms with Gasteiger partial charge in [0.1, 0.15) is 24.7 Å². The fourth-order valence-corrected chi connectivity index (χ4v) is 0.840. The van der Waals surface area contributed by atoms with E-state index in [2.05, 4.69) is 21.0 Å². The molecule has 0 fully saturated rings. The average Bonchev–Trinajstić information content (AvgIpc) is 2.62. The molecule has 15 heavy (non-hydrogen) atoms. The summed E-state index contributed by atoms with van der Waals surface area (Å²) in [6.45, 7) is 3.41. The van der Waals surface area contributed by atoms with Crippen LogP contribution in [0.1, 0.15) is 10.4 Å². The van der Waals surface area contributed by atoms with Crippen LogP contribution in [0, 0.1) is 0 Å². The van der Waals surface area contributed by atoms with E-state index in [0.717, 1.165) is 12.5 Å². The second kappa shape index (κ2) is 4.85. The number of aromatic carboxylic acids is 1. The minimum atomic E-state index is -1.19. The van der Waals surface area contributed by atoms with Crippen LogP contribution in [0.25, 0.3) is 0 Å². The van der Waals surface area contributed by atoms with Crippen LogP contribution >= 0.6 is 0 Å². The Kier molecular flexibility index (Phi) is 3.50. The van der Waals surface area contributed by atoms with E-state index < -0.39 is 12.1 Å². The summed E-state index contributed by atoms with van der Waals surface area (Å²) in [5.41, 5.74) is -0.0814. The Labute approximate surface area is 85.1 Å². The first-order valence-electron chi connectivity index (χ1n) is 3.99. The topological polar surface area (TPSA) is 88.8 Å². The fraction of sp³-hybridized carbons (Fsp3) is 0.111. The van der Waals surface area contributed by atoms with Crippen molar-refractivity contribution in [1.82, 2.24) is 0 Å². The first-order chi connectivity index (χ1) is 7.15. The van der Waals surface area contributed by atoms with Crippen LogP contribution in [0.5, 0.6) is 0 Å². The smallest absolute Gasteiger partial charge is 0.412 e. The predicted molar refractivity (Wildman–Crippen MR) is 50.8 cm³/mol. The van der Waals surface area contributed by atoms with E-state index in [1.807, 2.05) is 0 Å². The normalized spacial score (nSPS) is 9.33. The van der Waals surface area contributed by atoms with Crippen LogP contribution in [0.15, 0.2) is 29.6 Å². The van der Waals surface area contributed by atoms with Gasteiger partial charge in [-0.15, -0.1) is 0 Å². The Morgan fingerprint density at radius 1 is 1.60 bits per heavy atom. The van der Waals surface area contributed by atoms with Crippen LogP contribution in [-0.4, -0.2) is 23.8 Å². The lowest BCUT2D eigenvalue weighted by atomic mass is 10.3. The molecule has 0 saturated heterocycles. The average molecular weight is 211 g/mol. The van der Waals surface area contributed by atoms with Gasteiger partial charge in [0, 0.05) is 0 Å². The maximum atomic E-state index is 11.0. The molecule has 2 N–H and O–H groups in total. The molecular weight excluding hydrogens is 202 g/mol. The van der Waals surface area contributed by atoms with Crippen molar-refractivity contribution in [3.8, 4) is 0 Å². The number of hydrogen-bond acceptors (Lipinski definition) is 4. The molecule has 6 nitrogen and oxygen atoms in total. The van der Waals surface area contributed by atoms with E-state index in [4.69, 9.17) is 5.11 Å². The number of ether oxygens (including phenoxy) is 1. The highest BCUT2D eigenvalue weighted by Gasteiger charge is 2.14. The summed E-state index contributed by atoms with van der Waals surface area (Å²) in [4.78, 5) is 21.6. The number of carbonyl (C=O) groups is 2. The zero-order valence-electron chi connectivity index (χ0n) is 7.73. The maximum absolute atomic E-state index is 11.0. The Hall–Kier alpha value is -2.24. The van der Waals surface area contributed by atoms with Crippen LogP contribution in [0.4, 0.5) is 10.5 Å². The molecule has 0 saturated carbocycles. The third-order valence-electron chi connectivity index (χ3n) is 1.46. The lowest BCUT2D eigenvalue weighted by Gasteiger charge is -2.02. The maximum Gasteiger partial charge on any atom is 0.412 e. The summed E-state index contributed by atoms with van der Waals surface area (Å²) in [5, 5.41) is 10.9. The highest BCUT2D eigenvalue weighted by molar-refractivity contribution is 5.98. The van der Waals surface area contributed by atoms with Gasteiger partial charge >= 0.3 is 12.1 Å². The number of nitrogens with one attached hydrogen (secondary N) is 1. The summed E-state index contributed by atoms with van der Waals surface area (Å²) < 4.78 is 9.24. The molecule has 6 heteroatoms. The molecule has 0 spiro atoms. The largest absolute Gasteiger partial charge is 0.477 e. The van der Waals surface area contributed by atoms with Gasteiger partial charge in [-0.3, -0.25) is 5.32 Å². The summed E-state index contributed by atoms with van der Waals surface area (Å²) in [7, 11) is 0. The molecular formula is C9H9NO5. The summed E-state index contributed by atoms with van der Waals surface area (Å²) >= 11 is 0. The van der Waals surface area contributed by atoms with Gasteiger partial charge in [-0.2, -0.15) is 0 Å². The molecule has 1 aromatic heterocycles. The summed E-state index contributed by atoms with van der Waals surface area (Å²) in [6, 6.07) is 0. The lowest BCUT2D eigenvalue weighted by Crippen LogP contribution is -2.15. The quantitative estimate of drug-likeness (QED) is 0.740. The predicted octanol–water partition coefficient (Wildman–Crippen LogP) is 1.71. The van der Waals surface area contributed by atoms with Gasteiger partial charge in [0.25, 0.3) is 0 Å². The number of rotatable bonds is 4. The van der Waals surface area contributed by atoms with Gasteiger partial charge in [0.05, 0.1) is 5.69 Å². The lowest BCUT2D eigenvalue weighted by molar-refractivity contribution is 0.0697. The number of carboxylic acid groups (broad SMARTS) is 1. The number of carboxylic acids is 1. The summed E-state index contributed by atoms with van der Waals surface area (Å²) in [6.07, 6.45) is 2.76. The number of amides is 1. The SMILES string of the molecule is C=CCOC(=O)Nc1cocc1C(=O)O. The van der Waals surface area contributed by atoms with E-state index in [-0.39, 0.29) is 17.9 Å². The van der Waals surface area contributed by atoms with E-state index in [1.165, 1.54) is 6.08 Å². The van der Waals surface area contributed by atoms with E-state index in [1.54, 1.807) is 0 Å². The zero-order chi connectivity index (χ0) is 11.3. The van der Waals surface area contributed by atoms with Crippen molar-refractivity contribution in [3.05, 3.63) is 30.7 Å². The Morgan fingerprint density at radius 2 is 2.33 bits per heavy atom. The van der Waals surface area contributed by atoms with E-state index in [9.17, 15) is 9.59 Å². The van der Waals surface area contributed by atoms with Crippen LogP contribution in [0.2, 0.25) is 0 Å².